The molecule has 0 N–H and O–H groups in total. The van der Waals surface area contributed by atoms with Crippen molar-refractivity contribution in [3.63, 3.8) is 0 Å². The van der Waals surface area contributed by atoms with E-state index in [0.29, 0.717) is 0 Å². The van der Waals surface area contributed by atoms with Crippen molar-refractivity contribution in [1.29, 1.82) is 0 Å². The number of nitrogens with zero attached hydrogens (tertiary/aromatic N) is 1. The van der Waals surface area contributed by atoms with Gasteiger partial charge >= 0.3 is 0 Å². The minimum absolute atomic E-state index is 0.210. The lowest BCUT2D eigenvalue weighted by atomic mass is 10.2. The standard InChI is InChI=1S/C16H18FNOS/c1-18(2)11-12-7-8-13(17)9-16(12)20-15-6-4-5-14(10-15)19-3/h4-10H,11H2,1-3H3. The number of ether oxygens (including phenoxy) is 1. The monoisotopic (exact) mass is 291 g/mol. The fourth-order valence-corrected chi connectivity index (χ4v) is 2.90. The first-order valence-corrected chi connectivity index (χ1v) is 7.15. The largest absolute Gasteiger partial charge is 0.497 e. The first-order valence-electron chi connectivity index (χ1n) is 6.33. The molecule has 0 amide bonds. The van der Waals surface area contributed by atoms with Gasteiger partial charge in [0.1, 0.15) is 11.6 Å². The number of benzene rings is 2. The third kappa shape index (κ3) is 3.99. The van der Waals surface area contributed by atoms with Crippen LogP contribution in [0, 0.1) is 5.82 Å². The Hall–Kier alpha value is -1.52. The summed E-state index contributed by atoms with van der Waals surface area (Å²) >= 11 is 1.55. The average molecular weight is 291 g/mol. The van der Waals surface area contributed by atoms with E-state index in [2.05, 4.69) is 4.90 Å². The van der Waals surface area contributed by atoms with Crippen LogP contribution in [-0.2, 0) is 6.54 Å². The van der Waals surface area contributed by atoms with Gasteiger partial charge in [-0.25, -0.2) is 4.39 Å². The molecule has 0 unspecified atom stereocenters. The molecule has 2 aromatic rings. The zero-order valence-corrected chi connectivity index (χ0v) is 12.7. The van der Waals surface area contributed by atoms with Crippen LogP contribution in [0.3, 0.4) is 0 Å². The first-order chi connectivity index (χ1) is 9.58. The van der Waals surface area contributed by atoms with Crippen LogP contribution in [0.15, 0.2) is 52.3 Å². The van der Waals surface area contributed by atoms with Crippen molar-refractivity contribution in [2.24, 2.45) is 0 Å². The van der Waals surface area contributed by atoms with Gasteiger partial charge in [0, 0.05) is 16.3 Å². The second-order valence-corrected chi connectivity index (χ2v) is 5.89. The van der Waals surface area contributed by atoms with Gasteiger partial charge in [-0.15, -0.1) is 0 Å². The highest BCUT2D eigenvalue weighted by Crippen LogP contribution is 2.33. The fourth-order valence-electron chi connectivity index (χ4n) is 1.89. The maximum atomic E-state index is 13.5. The van der Waals surface area contributed by atoms with Gasteiger partial charge in [0.05, 0.1) is 7.11 Å². The van der Waals surface area contributed by atoms with Crippen LogP contribution in [0.25, 0.3) is 0 Å². The maximum Gasteiger partial charge on any atom is 0.124 e. The minimum Gasteiger partial charge on any atom is -0.497 e. The Morgan fingerprint density at radius 3 is 2.65 bits per heavy atom. The molecule has 4 heteroatoms. The maximum absolute atomic E-state index is 13.5. The zero-order chi connectivity index (χ0) is 14.5. The molecule has 2 rings (SSSR count). The summed E-state index contributed by atoms with van der Waals surface area (Å²) in [6.07, 6.45) is 0. The van der Waals surface area contributed by atoms with E-state index in [1.807, 2.05) is 44.4 Å². The van der Waals surface area contributed by atoms with Crippen LogP contribution in [0.5, 0.6) is 5.75 Å². The highest BCUT2D eigenvalue weighted by atomic mass is 32.2. The molecule has 0 aromatic heterocycles. The summed E-state index contributed by atoms with van der Waals surface area (Å²) in [6.45, 7) is 0.784. The van der Waals surface area contributed by atoms with E-state index >= 15 is 0 Å². The Labute approximate surface area is 123 Å². The zero-order valence-electron chi connectivity index (χ0n) is 11.9. The van der Waals surface area contributed by atoms with Crippen LogP contribution >= 0.6 is 11.8 Å². The molecular formula is C16H18FNOS. The average Bonchev–Trinajstić information content (AvgIpc) is 2.42. The van der Waals surface area contributed by atoms with Gasteiger partial charge in [-0.2, -0.15) is 0 Å². The molecule has 2 nitrogen and oxygen atoms in total. The summed E-state index contributed by atoms with van der Waals surface area (Å²) in [6, 6.07) is 12.7. The van der Waals surface area contributed by atoms with E-state index in [0.717, 1.165) is 27.6 Å². The molecule has 0 spiro atoms. The van der Waals surface area contributed by atoms with Crippen molar-refractivity contribution in [3.8, 4) is 5.75 Å². The van der Waals surface area contributed by atoms with Crippen molar-refractivity contribution < 1.29 is 9.13 Å². The Bertz CT molecular complexity index is 586. The first kappa shape index (κ1) is 14.9. The lowest BCUT2D eigenvalue weighted by molar-refractivity contribution is 0.398. The van der Waals surface area contributed by atoms with Crippen LogP contribution in [0.2, 0.25) is 0 Å². The molecule has 20 heavy (non-hydrogen) atoms. The highest BCUT2D eigenvalue weighted by Gasteiger charge is 2.08. The van der Waals surface area contributed by atoms with Crippen LogP contribution in [-0.4, -0.2) is 26.1 Å². The third-order valence-electron chi connectivity index (χ3n) is 2.78. The number of methoxy groups -OCH3 is 1. The lowest BCUT2D eigenvalue weighted by Gasteiger charge is -2.14. The molecular weight excluding hydrogens is 273 g/mol. The van der Waals surface area contributed by atoms with Crippen molar-refractivity contribution in [2.45, 2.75) is 16.3 Å². The Balaban J connectivity index is 2.28. The number of rotatable bonds is 5. The second kappa shape index (κ2) is 6.77. The Morgan fingerprint density at radius 2 is 1.95 bits per heavy atom. The van der Waals surface area contributed by atoms with Crippen LogP contribution in [0.1, 0.15) is 5.56 Å². The van der Waals surface area contributed by atoms with E-state index in [9.17, 15) is 4.39 Å². The summed E-state index contributed by atoms with van der Waals surface area (Å²) in [5.41, 5.74) is 1.12. The van der Waals surface area contributed by atoms with Gasteiger partial charge in [0.15, 0.2) is 0 Å². The van der Waals surface area contributed by atoms with Crippen LogP contribution < -0.4 is 4.74 Å². The summed E-state index contributed by atoms with van der Waals surface area (Å²) < 4.78 is 18.7. The smallest absolute Gasteiger partial charge is 0.124 e. The molecule has 0 atom stereocenters. The van der Waals surface area contributed by atoms with Gasteiger partial charge in [-0.3, -0.25) is 0 Å². The molecule has 0 heterocycles. The number of halogens is 1. The van der Waals surface area contributed by atoms with Gasteiger partial charge in [-0.05, 0) is 50.0 Å². The Morgan fingerprint density at radius 1 is 1.15 bits per heavy atom. The summed E-state index contributed by atoms with van der Waals surface area (Å²) in [5, 5.41) is 0. The fraction of sp³-hybridized carbons (Fsp3) is 0.250. The molecule has 0 aliphatic rings. The summed E-state index contributed by atoms with van der Waals surface area (Å²) in [5.74, 6) is 0.596. The molecule has 0 bridgehead atoms. The normalized spacial score (nSPS) is 10.8. The minimum atomic E-state index is -0.210. The van der Waals surface area contributed by atoms with Crippen LogP contribution in [0.4, 0.5) is 4.39 Å². The number of hydrogen-bond acceptors (Lipinski definition) is 3. The SMILES string of the molecule is COc1cccc(Sc2cc(F)ccc2CN(C)C)c1. The molecule has 0 saturated heterocycles. The lowest BCUT2D eigenvalue weighted by Crippen LogP contribution is -2.11. The van der Waals surface area contributed by atoms with Gasteiger partial charge < -0.3 is 9.64 Å². The second-order valence-electron chi connectivity index (χ2n) is 4.77. The molecule has 106 valence electrons. The molecule has 0 aliphatic heterocycles. The van der Waals surface area contributed by atoms with E-state index in [-0.39, 0.29) is 5.82 Å². The number of hydrogen-bond donors (Lipinski definition) is 0. The van der Waals surface area contributed by atoms with E-state index in [1.54, 1.807) is 24.9 Å². The van der Waals surface area contributed by atoms with E-state index < -0.39 is 0 Å². The van der Waals surface area contributed by atoms with Gasteiger partial charge in [0.25, 0.3) is 0 Å². The molecule has 0 saturated carbocycles. The third-order valence-corrected chi connectivity index (χ3v) is 3.87. The molecule has 0 aliphatic carbocycles. The quantitative estimate of drug-likeness (QED) is 0.824. The predicted octanol–water partition coefficient (Wildman–Crippen LogP) is 4.05. The van der Waals surface area contributed by atoms with E-state index in [4.69, 9.17) is 4.74 Å². The Kier molecular flexibility index (Phi) is 5.04. The van der Waals surface area contributed by atoms with Crippen molar-refractivity contribution in [3.05, 3.63) is 53.8 Å². The van der Waals surface area contributed by atoms with Crippen molar-refractivity contribution in [1.82, 2.24) is 4.90 Å². The molecule has 0 fully saturated rings. The topological polar surface area (TPSA) is 12.5 Å². The van der Waals surface area contributed by atoms with Crippen molar-refractivity contribution in [2.75, 3.05) is 21.2 Å². The predicted molar refractivity (Wildman–Crippen MR) is 80.9 cm³/mol. The van der Waals surface area contributed by atoms with E-state index in [1.165, 1.54) is 6.07 Å². The summed E-state index contributed by atoms with van der Waals surface area (Å²) in [4.78, 5) is 4.05. The van der Waals surface area contributed by atoms with Gasteiger partial charge in [-0.1, -0.05) is 23.9 Å². The molecule has 2 aromatic carbocycles. The summed E-state index contributed by atoms with van der Waals surface area (Å²) in [7, 11) is 5.65. The highest BCUT2D eigenvalue weighted by molar-refractivity contribution is 7.99. The van der Waals surface area contributed by atoms with Gasteiger partial charge in [0.2, 0.25) is 0 Å². The molecule has 0 radical (unpaired) electrons. The van der Waals surface area contributed by atoms with Crippen molar-refractivity contribution >= 4 is 11.8 Å².